The van der Waals surface area contributed by atoms with Crippen molar-refractivity contribution in [2.75, 3.05) is 20.1 Å². The molecular weight excluding hydrogens is 594 g/mol. The highest BCUT2D eigenvalue weighted by atomic mass is 16.2. The van der Waals surface area contributed by atoms with Crippen LogP contribution >= 0.6 is 0 Å². The molecule has 2 amide bonds. The fraction of sp³-hybridized carbons (Fsp3) is 0.951. The maximum atomic E-state index is 13.0. The third-order valence-electron chi connectivity index (χ3n) is 9.99. The summed E-state index contributed by atoms with van der Waals surface area (Å²) in [5, 5.41) is 12.2. The minimum Gasteiger partial charge on any atom is -0.354 e. The number of carbonyl (C=O) groups is 2. The van der Waals surface area contributed by atoms with Gasteiger partial charge < -0.3 is 16.4 Å². The van der Waals surface area contributed by atoms with Gasteiger partial charge in [-0.15, -0.1) is 0 Å². The van der Waals surface area contributed by atoms with Crippen molar-refractivity contribution in [2.45, 2.75) is 226 Å². The summed E-state index contributed by atoms with van der Waals surface area (Å²) in [4.78, 5) is 25.7. The van der Waals surface area contributed by atoms with E-state index in [0.717, 1.165) is 31.6 Å². The molecule has 0 rings (SSSR count). The molecule has 0 aromatic heterocycles. The van der Waals surface area contributed by atoms with Crippen LogP contribution in [0.4, 0.5) is 0 Å². The molecule has 0 radical (unpaired) electrons. The molecule has 3 unspecified atom stereocenters. The second kappa shape index (κ2) is 37.1. The molecule has 0 spiro atoms. The Balaban J connectivity index is 4.02. The molecule has 0 aromatic rings. The molecule has 0 heterocycles. The molecule has 6 N–H and O–H groups in total. The summed E-state index contributed by atoms with van der Waals surface area (Å²) in [6.07, 6.45) is 37.3. The van der Waals surface area contributed by atoms with E-state index >= 15 is 0 Å². The lowest BCUT2D eigenvalue weighted by Crippen LogP contribution is -2.51. The Labute approximate surface area is 299 Å². The highest BCUT2D eigenvalue weighted by Crippen LogP contribution is 2.19. The van der Waals surface area contributed by atoms with Crippen LogP contribution in [0.3, 0.4) is 0 Å². The smallest absolute Gasteiger partial charge is 0.242 e. The van der Waals surface area contributed by atoms with E-state index in [4.69, 9.17) is 5.73 Å². The van der Waals surface area contributed by atoms with Crippen molar-refractivity contribution in [1.29, 1.82) is 0 Å². The van der Waals surface area contributed by atoms with Gasteiger partial charge in [0, 0.05) is 19.5 Å². The number of rotatable bonds is 38. The zero-order chi connectivity index (χ0) is 35.3. The Bertz CT molecular complexity index is 692. The fourth-order valence-corrected chi connectivity index (χ4v) is 6.58. The number of amides is 2. The molecule has 0 fully saturated rings. The SMILES string of the molecule is CCCCCCCCCCCCCCCCNC(=O)C(CCNC(N)NC)NC(=O)CCCCCCCCC(C)CCCCCCCC. The third kappa shape index (κ3) is 33.3. The predicted octanol–water partition coefficient (Wildman–Crippen LogP) is 10.0. The number of nitrogens with one attached hydrogen (secondary N) is 4. The van der Waals surface area contributed by atoms with E-state index in [9.17, 15) is 9.59 Å². The molecule has 0 aliphatic heterocycles. The summed E-state index contributed by atoms with van der Waals surface area (Å²) in [7, 11) is 1.79. The van der Waals surface area contributed by atoms with E-state index in [-0.39, 0.29) is 18.1 Å². The summed E-state index contributed by atoms with van der Waals surface area (Å²) in [5.41, 5.74) is 5.90. The van der Waals surface area contributed by atoms with Gasteiger partial charge in [-0.1, -0.05) is 188 Å². The highest BCUT2D eigenvalue weighted by Gasteiger charge is 2.20. The first kappa shape index (κ1) is 46.8. The second-order valence-electron chi connectivity index (χ2n) is 14.8. The molecule has 286 valence electrons. The maximum absolute atomic E-state index is 13.0. The molecular formula is C41H85N5O2. The van der Waals surface area contributed by atoms with Gasteiger partial charge in [-0.3, -0.25) is 20.2 Å². The Hall–Kier alpha value is -1.18. The van der Waals surface area contributed by atoms with Crippen LogP contribution in [0, 0.1) is 5.92 Å². The zero-order valence-electron chi connectivity index (χ0n) is 32.8. The van der Waals surface area contributed by atoms with Crippen LogP contribution in [0.25, 0.3) is 0 Å². The van der Waals surface area contributed by atoms with Crippen LogP contribution in [0.5, 0.6) is 0 Å². The fourth-order valence-electron chi connectivity index (χ4n) is 6.58. The Morgan fingerprint density at radius 3 is 1.42 bits per heavy atom. The van der Waals surface area contributed by atoms with E-state index in [0.29, 0.717) is 25.9 Å². The number of unbranched alkanes of at least 4 members (excludes halogenated alkanes) is 23. The highest BCUT2D eigenvalue weighted by molar-refractivity contribution is 5.87. The number of carbonyl (C=O) groups excluding carboxylic acids is 2. The topological polar surface area (TPSA) is 108 Å². The molecule has 0 aliphatic rings. The van der Waals surface area contributed by atoms with Gasteiger partial charge in [0.2, 0.25) is 11.8 Å². The first-order valence-corrected chi connectivity index (χ1v) is 21.2. The standard InChI is InChI=1S/C41H85N5O2/c1-5-7-9-11-13-14-15-16-17-18-19-22-26-30-35-44-40(48)38(34-36-45-41(42)43-4)46-39(47)33-29-25-21-20-24-28-32-37(3)31-27-23-12-10-8-6-2/h37-38,41,43,45H,5-36,42H2,1-4H3,(H,44,48)(H,46,47). The summed E-state index contributed by atoms with van der Waals surface area (Å²) >= 11 is 0. The summed E-state index contributed by atoms with van der Waals surface area (Å²) in [5.74, 6) is 0.755. The van der Waals surface area contributed by atoms with Gasteiger partial charge in [-0.2, -0.15) is 0 Å². The van der Waals surface area contributed by atoms with Crippen LogP contribution in [0.1, 0.15) is 213 Å². The first-order valence-electron chi connectivity index (χ1n) is 21.2. The van der Waals surface area contributed by atoms with Gasteiger partial charge >= 0.3 is 0 Å². The Morgan fingerprint density at radius 1 is 0.542 bits per heavy atom. The third-order valence-corrected chi connectivity index (χ3v) is 9.99. The van der Waals surface area contributed by atoms with Gasteiger partial charge in [0.05, 0.1) is 0 Å². The van der Waals surface area contributed by atoms with Crippen molar-refractivity contribution < 1.29 is 9.59 Å². The molecule has 7 heteroatoms. The van der Waals surface area contributed by atoms with Crippen molar-refractivity contribution in [1.82, 2.24) is 21.3 Å². The molecule has 7 nitrogen and oxygen atoms in total. The number of nitrogens with two attached hydrogens (primary N) is 1. The largest absolute Gasteiger partial charge is 0.354 e. The Kier molecular flexibility index (Phi) is 36.2. The van der Waals surface area contributed by atoms with Crippen molar-refractivity contribution in [3.8, 4) is 0 Å². The Morgan fingerprint density at radius 2 is 0.958 bits per heavy atom. The van der Waals surface area contributed by atoms with Crippen molar-refractivity contribution in [3.63, 3.8) is 0 Å². The van der Waals surface area contributed by atoms with E-state index in [1.165, 1.54) is 154 Å². The summed E-state index contributed by atoms with van der Waals surface area (Å²) in [6.45, 7) is 8.20. The maximum Gasteiger partial charge on any atom is 0.242 e. The van der Waals surface area contributed by atoms with Gasteiger partial charge in [-0.05, 0) is 32.2 Å². The van der Waals surface area contributed by atoms with Crippen LogP contribution in [0.2, 0.25) is 0 Å². The molecule has 0 aliphatic carbocycles. The van der Waals surface area contributed by atoms with E-state index in [2.05, 4.69) is 42.0 Å². The zero-order valence-corrected chi connectivity index (χ0v) is 32.8. The predicted molar refractivity (Wildman–Crippen MR) is 209 cm³/mol. The molecule has 0 bridgehead atoms. The molecule has 48 heavy (non-hydrogen) atoms. The van der Waals surface area contributed by atoms with Gasteiger partial charge in [0.15, 0.2) is 0 Å². The lowest BCUT2D eigenvalue weighted by molar-refractivity contribution is -0.129. The minimum atomic E-state index is -0.529. The van der Waals surface area contributed by atoms with Crippen LogP contribution < -0.4 is 27.0 Å². The van der Waals surface area contributed by atoms with Crippen LogP contribution in [-0.4, -0.2) is 44.3 Å². The molecule has 0 saturated carbocycles. The molecule has 0 saturated heterocycles. The average molecular weight is 680 g/mol. The van der Waals surface area contributed by atoms with E-state index in [1.807, 2.05) is 0 Å². The van der Waals surface area contributed by atoms with Gasteiger partial charge in [-0.25, -0.2) is 0 Å². The molecule has 3 atom stereocenters. The van der Waals surface area contributed by atoms with Crippen molar-refractivity contribution >= 4 is 11.8 Å². The quantitative estimate of drug-likeness (QED) is 0.0330. The minimum absolute atomic E-state index is 0.0203. The normalized spacial score (nSPS) is 13.4. The lowest BCUT2D eigenvalue weighted by Gasteiger charge is -2.20. The summed E-state index contributed by atoms with van der Waals surface area (Å²) < 4.78 is 0. The van der Waals surface area contributed by atoms with Crippen molar-refractivity contribution in [3.05, 3.63) is 0 Å². The monoisotopic (exact) mass is 680 g/mol. The van der Waals surface area contributed by atoms with Gasteiger partial charge in [0.1, 0.15) is 12.3 Å². The van der Waals surface area contributed by atoms with E-state index in [1.54, 1.807) is 7.05 Å². The first-order chi connectivity index (χ1) is 23.4. The van der Waals surface area contributed by atoms with Gasteiger partial charge in [0.25, 0.3) is 0 Å². The van der Waals surface area contributed by atoms with Crippen molar-refractivity contribution in [2.24, 2.45) is 11.7 Å². The summed E-state index contributed by atoms with van der Waals surface area (Å²) in [6, 6.07) is -0.529. The van der Waals surface area contributed by atoms with Crippen LogP contribution in [-0.2, 0) is 9.59 Å². The second-order valence-corrected chi connectivity index (χ2v) is 14.8. The average Bonchev–Trinajstić information content (AvgIpc) is 3.08. The van der Waals surface area contributed by atoms with Crippen LogP contribution in [0.15, 0.2) is 0 Å². The number of hydrogen-bond acceptors (Lipinski definition) is 5. The van der Waals surface area contributed by atoms with E-state index < -0.39 is 6.04 Å². The lowest BCUT2D eigenvalue weighted by atomic mass is 9.96. The number of hydrogen-bond donors (Lipinski definition) is 5. The molecule has 0 aromatic carbocycles.